The summed E-state index contributed by atoms with van der Waals surface area (Å²) in [5.74, 6) is 1.71. The molecule has 3 aliphatic rings. The molecule has 1 saturated heterocycles. The first-order valence-corrected chi connectivity index (χ1v) is 12.9. The molecular formula is C26H30ClN7O3. The number of H-pyrrole nitrogens is 1. The zero-order chi connectivity index (χ0) is 25.5. The predicted molar refractivity (Wildman–Crippen MR) is 142 cm³/mol. The summed E-state index contributed by atoms with van der Waals surface area (Å²) in [4.78, 5) is 26.6. The number of methoxy groups -OCH3 is 1. The first-order valence-electron chi connectivity index (χ1n) is 12.6. The average molecular weight is 524 g/mol. The Balaban J connectivity index is 1.30. The molecule has 3 aromatic rings. The number of nitrogens with zero attached hydrogens (tertiary/aromatic N) is 3. The molecule has 2 aromatic heterocycles. The van der Waals surface area contributed by atoms with Crippen molar-refractivity contribution in [2.45, 2.75) is 25.1 Å². The quantitative estimate of drug-likeness (QED) is 0.347. The highest BCUT2D eigenvalue weighted by Gasteiger charge is 2.47. The lowest BCUT2D eigenvalue weighted by atomic mass is 9.98. The molecule has 1 amide bonds. The lowest BCUT2D eigenvalue weighted by molar-refractivity contribution is 0.0854. The third-order valence-electron chi connectivity index (χ3n) is 7.56. The number of hydrogen-bond acceptors (Lipinski definition) is 8. The number of halogens is 1. The lowest BCUT2D eigenvalue weighted by Gasteiger charge is -2.29. The Morgan fingerprint density at radius 1 is 1.27 bits per heavy atom. The lowest BCUT2D eigenvalue weighted by Crippen LogP contribution is -2.42. The van der Waals surface area contributed by atoms with E-state index in [1.165, 1.54) is 5.56 Å². The highest BCUT2D eigenvalue weighted by molar-refractivity contribution is 6.34. The molecule has 37 heavy (non-hydrogen) atoms. The summed E-state index contributed by atoms with van der Waals surface area (Å²) in [5, 5.41) is 7.35. The third kappa shape index (κ3) is 4.60. The van der Waals surface area contributed by atoms with Gasteiger partial charge in [-0.25, -0.2) is 14.8 Å². The van der Waals surface area contributed by atoms with Crippen molar-refractivity contribution in [2.24, 2.45) is 17.6 Å². The van der Waals surface area contributed by atoms with Crippen molar-refractivity contribution in [3.05, 3.63) is 47.1 Å². The Labute approximate surface area is 219 Å². The van der Waals surface area contributed by atoms with Gasteiger partial charge in [0.25, 0.3) is 0 Å². The summed E-state index contributed by atoms with van der Waals surface area (Å²) in [6.07, 6.45) is 5.58. The second kappa shape index (κ2) is 9.85. The minimum atomic E-state index is -0.778. The normalized spacial score (nSPS) is 25.0. The van der Waals surface area contributed by atoms with Gasteiger partial charge in [0.2, 0.25) is 0 Å². The van der Waals surface area contributed by atoms with Crippen LogP contribution in [0.5, 0.6) is 5.75 Å². The largest absolute Gasteiger partial charge is 0.496 e. The van der Waals surface area contributed by atoms with Gasteiger partial charge in [-0.05, 0) is 24.1 Å². The number of ether oxygens (including phenoxy) is 2. The van der Waals surface area contributed by atoms with Crippen LogP contribution in [0.2, 0.25) is 5.02 Å². The maximum Gasteiger partial charge on any atom is 0.404 e. The molecule has 6 rings (SSSR count). The molecule has 4 atom stereocenters. The van der Waals surface area contributed by atoms with Crippen LogP contribution < -0.4 is 21.1 Å². The molecule has 194 valence electrons. The molecule has 1 aromatic carbocycles. The number of anilines is 1. The maximum atomic E-state index is 11.5. The van der Waals surface area contributed by atoms with Gasteiger partial charge in [-0.2, -0.15) is 0 Å². The van der Waals surface area contributed by atoms with Crippen molar-refractivity contribution in [3.63, 3.8) is 0 Å². The highest BCUT2D eigenvalue weighted by Crippen LogP contribution is 2.44. The molecular weight excluding hydrogens is 494 g/mol. The van der Waals surface area contributed by atoms with E-state index in [1.54, 1.807) is 13.3 Å². The zero-order valence-corrected chi connectivity index (χ0v) is 21.3. The molecule has 5 N–H and O–H groups in total. The molecule has 1 saturated carbocycles. The van der Waals surface area contributed by atoms with Gasteiger partial charge in [0, 0.05) is 44.6 Å². The van der Waals surface area contributed by atoms with Gasteiger partial charge >= 0.3 is 6.09 Å². The Kier molecular flexibility index (Phi) is 6.39. The fraction of sp³-hybridized carbons (Fsp3) is 0.423. The summed E-state index contributed by atoms with van der Waals surface area (Å²) >= 11 is 6.61. The van der Waals surface area contributed by atoms with E-state index in [0.29, 0.717) is 27.7 Å². The van der Waals surface area contributed by atoms with Crippen molar-refractivity contribution in [3.8, 4) is 17.1 Å². The molecule has 2 fully saturated rings. The molecule has 0 unspecified atom stereocenters. The summed E-state index contributed by atoms with van der Waals surface area (Å²) in [6.45, 7) is 4.94. The smallest absolute Gasteiger partial charge is 0.404 e. The van der Waals surface area contributed by atoms with Gasteiger partial charge in [0.15, 0.2) is 5.65 Å². The van der Waals surface area contributed by atoms with Crippen molar-refractivity contribution >= 4 is 34.5 Å². The molecule has 0 radical (unpaired) electrons. The van der Waals surface area contributed by atoms with Gasteiger partial charge in [-0.15, -0.1) is 0 Å². The number of piperazine rings is 1. The monoisotopic (exact) mass is 523 g/mol. The van der Waals surface area contributed by atoms with E-state index in [9.17, 15) is 4.79 Å². The van der Waals surface area contributed by atoms with E-state index in [-0.39, 0.29) is 24.0 Å². The first-order chi connectivity index (χ1) is 18.0. The van der Waals surface area contributed by atoms with E-state index in [4.69, 9.17) is 31.8 Å². The molecule has 1 aliphatic heterocycles. The summed E-state index contributed by atoms with van der Waals surface area (Å²) in [5.41, 5.74) is 9.26. The van der Waals surface area contributed by atoms with Crippen LogP contribution in [-0.2, 0) is 11.3 Å². The van der Waals surface area contributed by atoms with Crippen LogP contribution in [0.15, 0.2) is 36.5 Å². The van der Waals surface area contributed by atoms with Crippen molar-refractivity contribution < 1.29 is 14.3 Å². The van der Waals surface area contributed by atoms with Gasteiger partial charge in [-0.1, -0.05) is 29.8 Å². The minimum absolute atomic E-state index is 0.132. The maximum absolute atomic E-state index is 11.5. The van der Waals surface area contributed by atoms with Crippen LogP contribution in [0.1, 0.15) is 12.0 Å². The van der Waals surface area contributed by atoms with Gasteiger partial charge < -0.3 is 30.8 Å². The molecule has 11 heteroatoms. The summed E-state index contributed by atoms with van der Waals surface area (Å²) in [6, 6.07) is 6.05. The van der Waals surface area contributed by atoms with Gasteiger partial charge in [-0.3, -0.25) is 4.90 Å². The minimum Gasteiger partial charge on any atom is -0.496 e. The number of aromatic nitrogens is 3. The number of hydrogen-bond donors (Lipinski definition) is 4. The predicted octanol–water partition coefficient (Wildman–Crippen LogP) is 3.14. The fourth-order valence-corrected chi connectivity index (χ4v) is 5.98. The van der Waals surface area contributed by atoms with Crippen LogP contribution in [-0.4, -0.2) is 71.4 Å². The molecule has 2 aliphatic carbocycles. The Morgan fingerprint density at radius 3 is 2.86 bits per heavy atom. The molecule has 2 bridgehead atoms. The number of carbonyl (C=O) groups is 1. The molecule has 10 nitrogen and oxygen atoms in total. The number of nitrogens with two attached hydrogens (primary N) is 1. The molecule has 3 heterocycles. The third-order valence-corrected chi connectivity index (χ3v) is 7.85. The fourth-order valence-electron chi connectivity index (χ4n) is 5.79. The number of pyridine rings is 1. The second-order valence-electron chi connectivity index (χ2n) is 9.85. The number of fused-ring (bicyclic) bond motifs is 3. The highest BCUT2D eigenvalue weighted by atomic mass is 35.5. The Hall–Kier alpha value is -3.34. The van der Waals surface area contributed by atoms with E-state index in [1.807, 2.05) is 6.07 Å². The van der Waals surface area contributed by atoms with E-state index < -0.39 is 6.09 Å². The van der Waals surface area contributed by atoms with E-state index in [2.05, 4.69) is 49.8 Å². The Morgan fingerprint density at radius 2 is 2.08 bits per heavy atom. The zero-order valence-electron chi connectivity index (χ0n) is 20.5. The van der Waals surface area contributed by atoms with E-state index in [0.717, 1.165) is 50.5 Å². The number of imidazole rings is 1. The van der Waals surface area contributed by atoms with Crippen molar-refractivity contribution in [1.82, 2.24) is 25.2 Å². The number of aromatic amines is 1. The molecule has 0 spiro atoms. The number of benzene rings is 1. The SMILES string of the molecule is COc1cc(CN2CCNCC2)ccc1-c1nc2ncc(Cl)c(N[C@H]3[C@@H](OC(N)=O)[C@@H]4C=C[C@H]3C4)c2[nH]1. The number of amides is 1. The number of carbonyl (C=O) groups excluding carboxylic acids is 1. The van der Waals surface area contributed by atoms with Gasteiger partial charge in [0.05, 0.1) is 35.6 Å². The topological polar surface area (TPSA) is 130 Å². The van der Waals surface area contributed by atoms with Crippen LogP contribution in [0.25, 0.3) is 22.6 Å². The van der Waals surface area contributed by atoms with Crippen LogP contribution in [0.3, 0.4) is 0 Å². The number of nitrogens with one attached hydrogen (secondary N) is 3. The standard InChI is InChI=1S/C26H30ClN7O3/c1-36-19-10-14(13-34-8-6-29-7-9-34)2-5-17(19)24-32-22-21(18(27)12-30-25(22)33-24)31-20-15-3-4-16(11-15)23(20)37-26(28)35/h2-5,10,12,15-16,20,23,29H,6-9,11,13H2,1H3,(H2,28,35)(H2,30,31,32,33)/t15-,16+,20+,23-/m0/s1. The van der Waals surface area contributed by atoms with Crippen LogP contribution >= 0.6 is 11.6 Å². The Bertz CT molecular complexity index is 1350. The second-order valence-corrected chi connectivity index (χ2v) is 10.3. The van der Waals surface area contributed by atoms with Crippen molar-refractivity contribution in [1.29, 1.82) is 0 Å². The van der Waals surface area contributed by atoms with Crippen LogP contribution in [0.4, 0.5) is 10.5 Å². The first kappa shape index (κ1) is 24.0. The van der Waals surface area contributed by atoms with Crippen LogP contribution in [0, 0.1) is 11.8 Å². The average Bonchev–Trinajstić information content (AvgIpc) is 3.62. The summed E-state index contributed by atoms with van der Waals surface area (Å²) < 4.78 is 11.2. The van der Waals surface area contributed by atoms with Gasteiger partial charge in [0.1, 0.15) is 23.2 Å². The number of primary amides is 1. The number of rotatable bonds is 7. The summed E-state index contributed by atoms with van der Waals surface area (Å²) in [7, 11) is 1.67. The van der Waals surface area contributed by atoms with Crippen molar-refractivity contribution in [2.75, 3.05) is 38.6 Å². The van der Waals surface area contributed by atoms with E-state index >= 15 is 0 Å².